The summed E-state index contributed by atoms with van der Waals surface area (Å²) in [6, 6.07) is 6.01. The molecular formula is C16H12AuCl4N2O2. The molecule has 0 aliphatic heterocycles. The standard InChI is InChI=1S/C16H12Cl4N2O2.Au/c17-11-3-9(15(23)13(19)5-11)7-21-1-2-22-8-10-4-12(18)6-14(20)16(10)24;/h3-8,23-24H,1-2H2;. The van der Waals surface area contributed by atoms with E-state index < -0.39 is 0 Å². The molecule has 0 saturated carbocycles. The van der Waals surface area contributed by atoms with Crippen LogP contribution < -0.4 is 0 Å². The van der Waals surface area contributed by atoms with Crippen LogP contribution in [0.25, 0.3) is 0 Å². The summed E-state index contributed by atoms with van der Waals surface area (Å²) in [6.45, 7) is 0.740. The van der Waals surface area contributed by atoms with Gasteiger partial charge < -0.3 is 10.2 Å². The molecule has 0 bridgehead atoms. The zero-order valence-corrected chi connectivity index (χ0v) is 17.7. The summed E-state index contributed by atoms with van der Waals surface area (Å²) < 4.78 is 0. The largest absolute Gasteiger partial charge is 0.506 e. The van der Waals surface area contributed by atoms with Crippen molar-refractivity contribution in [1.82, 2.24) is 0 Å². The Morgan fingerprint density at radius 1 is 0.720 bits per heavy atom. The number of halogens is 4. The summed E-state index contributed by atoms with van der Waals surface area (Å²) in [5.74, 6) is -0.154. The van der Waals surface area contributed by atoms with Crippen molar-refractivity contribution in [2.45, 2.75) is 0 Å². The van der Waals surface area contributed by atoms with Crippen LogP contribution in [0.1, 0.15) is 11.1 Å². The first-order valence-corrected chi connectivity index (χ1v) is 8.25. The number of phenols is 2. The summed E-state index contributed by atoms with van der Waals surface area (Å²) >= 11 is 23.4. The number of benzene rings is 2. The molecule has 0 amide bonds. The van der Waals surface area contributed by atoms with Crippen LogP contribution >= 0.6 is 46.4 Å². The average Bonchev–Trinajstić information content (AvgIpc) is 2.51. The van der Waals surface area contributed by atoms with E-state index in [0.717, 1.165) is 0 Å². The second-order valence-electron chi connectivity index (χ2n) is 4.72. The summed E-state index contributed by atoms with van der Waals surface area (Å²) in [6.07, 6.45) is 2.94. The summed E-state index contributed by atoms with van der Waals surface area (Å²) in [4.78, 5) is 8.29. The normalized spacial score (nSPS) is 11.2. The van der Waals surface area contributed by atoms with Gasteiger partial charge in [0.1, 0.15) is 11.5 Å². The van der Waals surface area contributed by atoms with Gasteiger partial charge in [0.15, 0.2) is 0 Å². The number of rotatable bonds is 5. The minimum atomic E-state index is -0.0770. The van der Waals surface area contributed by atoms with Crippen LogP contribution in [0.15, 0.2) is 34.3 Å². The van der Waals surface area contributed by atoms with Gasteiger partial charge in [-0.25, -0.2) is 0 Å². The van der Waals surface area contributed by atoms with Crippen LogP contribution in [0.5, 0.6) is 11.5 Å². The van der Waals surface area contributed by atoms with E-state index in [2.05, 4.69) is 9.98 Å². The van der Waals surface area contributed by atoms with Crippen LogP contribution in [0, 0.1) is 0 Å². The fourth-order valence-corrected chi connectivity index (χ4v) is 2.83. The first-order valence-electron chi connectivity index (χ1n) is 6.74. The molecule has 2 rings (SSSR count). The third kappa shape index (κ3) is 6.50. The van der Waals surface area contributed by atoms with Crippen LogP contribution in [-0.2, 0) is 22.4 Å². The molecule has 0 aliphatic carbocycles. The molecule has 2 aromatic carbocycles. The Morgan fingerprint density at radius 2 is 1.08 bits per heavy atom. The predicted molar refractivity (Wildman–Crippen MR) is 101 cm³/mol. The zero-order valence-electron chi connectivity index (χ0n) is 12.5. The first kappa shape index (κ1) is 22.3. The molecule has 137 valence electrons. The molecule has 0 aliphatic rings. The number of phenolic OH excluding ortho intramolecular Hbond substituents is 2. The molecule has 1 radical (unpaired) electrons. The zero-order chi connectivity index (χ0) is 17.7. The van der Waals surface area contributed by atoms with Crippen molar-refractivity contribution in [3.63, 3.8) is 0 Å². The van der Waals surface area contributed by atoms with E-state index in [9.17, 15) is 10.2 Å². The summed E-state index contributed by atoms with van der Waals surface area (Å²) in [7, 11) is 0. The van der Waals surface area contributed by atoms with Crippen molar-refractivity contribution in [3.05, 3.63) is 55.5 Å². The maximum absolute atomic E-state index is 9.79. The third-order valence-electron chi connectivity index (χ3n) is 2.93. The van der Waals surface area contributed by atoms with Crippen molar-refractivity contribution < 1.29 is 32.6 Å². The Hall–Kier alpha value is -0.720. The molecule has 0 heterocycles. The minimum Gasteiger partial charge on any atom is -0.506 e. The van der Waals surface area contributed by atoms with E-state index in [1.54, 1.807) is 12.1 Å². The molecule has 0 aromatic heterocycles. The first-order chi connectivity index (χ1) is 11.4. The van der Waals surface area contributed by atoms with Gasteiger partial charge in [0.05, 0.1) is 23.1 Å². The average molecular weight is 603 g/mol. The van der Waals surface area contributed by atoms with Crippen molar-refractivity contribution >= 4 is 58.8 Å². The van der Waals surface area contributed by atoms with Gasteiger partial charge in [-0.3, -0.25) is 9.98 Å². The second kappa shape index (κ2) is 10.4. The fourth-order valence-electron chi connectivity index (χ4n) is 1.81. The number of aromatic hydroxyl groups is 2. The van der Waals surface area contributed by atoms with Gasteiger partial charge in [-0.2, -0.15) is 0 Å². The Labute approximate surface area is 180 Å². The molecule has 0 atom stereocenters. The van der Waals surface area contributed by atoms with Gasteiger partial charge in [-0.05, 0) is 24.3 Å². The van der Waals surface area contributed by atoms with Crippen molar-refractivity contribution in [3.8, 4) is 11.5 Å². The van der Waals surface area contributed by atoms with E-state index in [1.165, 1.54) is 24.6 Å². The maximum Gasteiger partial charge on any atom is 0.143 e. The molecule has 0 fully saturated rings. The fraction of sp³-hybridized carbons (Fsp3) is 0.125. The van der Waals surface area contributed by atoms with Gasteiger partial charge in [-0.1, -0.05) is 46.4 Å². The monoisotopic (exact) mass is 601 g/mol. The van der Waals surface area contributed by atoms with E-state index in [-0.39, 0.29) is 43.9 Å². The smallest absolute Gasteiger partial charge is 0.143 e. The quantitative estimate of drug-likeness (QED) is 0.279. The summed E-state index contributed by atoms with van der Waals surface area (Å²) in [5.41, 5.74) is 0.853. The number of hydrogen-bond donors (Lipinski definition) is 2. The van der Waals surface area contributed by atoms with Crippen molar-refractivity contribution in [2.24, 2.45) is 9.98 Å². The molecular weight excluding hydrogens is 591 g/mol. The van der Waals surface area contributed by atoms with Gasteiger partial charge in [0.25, 0.3) is 0 Å². The topological polar surface area (TPSA) is 65.2 Å². The van der Waals surface area contributed by atoms with Gasteiger partial charge in [-0.15, -0.1) is 0 Å². The van der Waals surface area contributed by atoms with Crippen molar-refractivity contribution in [2.75, 3.05) is 13.1 Å². The number of aliphatic imine (C=N–C) groups is 2. The van der Waals surface area contributed by atoms with Crippen LogP contribution in [0.2, 0.25) is 20.1 Å². The predicted octanol–water partition coefficient (Wildman–Crippen LogP) is 5.25. The van der Waals surface area contributed by atoms with E-state index >= 15 is 0 Å². The third-order valence-corrected chi connectivity index (χ3v) is 3.95. The van der Waals surface area contributed by atoms with E-state index in [1.807, 2.05) is 0 Å². The second-order valence-corrected chi connectivity index (χ2v) is 6.41. The summed E-state index contributed by atoms with van der Waals surface area (Å²) in [5, 5.41) is 20.7. The SMILES string of the molecule is Oc1c(Cl)cc(Cl)cc1C=NCCN=Cc1cc(Cl)cc(Cl)c1O.[Au]. The maximum atomic E-state index is 9.79. The van der Waals surface area contributed by atoms with Crippen LogP contribution in [0.3, 0.4) is 0 Å². The Bertz CT molecular complexity index is 746. The number of hydrogen-bond acceptors (Lipinski definition) is 4. The van der Waals surface area contributed by atoms with Crippen molar-refractivity contribution in [1.29, 1.82) is 0 Å². The van der Waals surface area contributed by atoms with Gasteiger partial charge in [0, 0.05) is 56.0 Å². The Morgan fingerprint density at radius 3 is 1.44 bits per heavy atom. The molecule has 25 heavy (non-hydrogen) atoms. The molecule has 2 aromatic rings. The molecule has 2 N–H and O–H groups in total. The van der Waals surface area contributed by atoms with E-state index in [0.29, 0.717) is 34.3 Å². The van der Waals surface area contributed by atoms with Crippen LogP contribution in [0.4, 0.5) is 0 Å². The molecule has 0 spiro atoms. The Kier molecular flexibility index (Phi) is 9.32. The van der Waals surface area contributed by atoms with Crippen LogP contribution in [-0.4, -0.2) is 35.7 Å². The molecule has 9 heteroatoms. The van der Waals surface area contributed by atoms with Gasteiger partial charge >= 0.3 is 0 Å². The van der Waals surface area contributed by atoms with E-state index in [4.69, 9.17) is 46.4 Å². The Balaban J connectivity index is 0.00000312. The van der Waals surface area contributed by atoms with Gasteiger partial charge in [0.2, 0.25) is 0 Å². The molecule has 0 saturated heterocycles. The number of nitrogens with zero attached hydrogens (tertiary/aromatic N) is 2. The molecule has 0 unspecified atom stereocenters. The molecule has 4 nitrogen and oxygen atoms in total. The minimum absolute atomic E-state index is 0.